The van der Waals surface area contributed by atoms with E-state index in [2.05, 4.69) is 21.4 Å². The van der Waals surface area contributed by atoms with Crippen LogP contribution in [0.25, 0.3) is 0 Å². The number of thiophene rings is 1. The molecule has 0 aromatic carbocycles. The maximum Gasteiger partial charge on any atom is 0.239 e. The van der Waals surface area contributed by atoms with Gasteiger partial charge in [0, 0.05) is 19.3 Å². The molecule has 24 heavy (non-hydrogen) atoms. The number of nitriles is 1. The van der Waals surface area contributed by atoms with Gasteiger partial charge in [0.2, 0.25) is 5.91 Å². The van der Waals surface area contributed by atoms with Gasteiger partial charge in [-0.1, -0.05) is 0 Å². The summed E-state index contributed by atoms with van der Waals surface area (Å²) in [5.41, 5.74) is 1.62. The molecule has 1 fully saturated rings. The summed E-state index contributed by atoms with van der Waals surface area (Å²) in [5.74, 6) is -0.107. The first-order valence-corrected chi connectivity index (χ1v) is 8.62. The molecule has 7 nitrogen and oxygen atoms in total. The smallest absolute Gasteiger partial charge is 0.239 e. The average molecular weight is 345 g/mol. The Morgan fingerprint density at radius 1 is 1.62 bits per heavy atom. The molecular formula is C16H19N5O2S. The van der Waals surface area contributed by atoms with Gasteiger partial charge in [0.25, 0.3) is 0 Å². The fraction of sp³-hybridized carbons (Fsp3) is 0.438. The molecule has 0 unspecified atom stereocenters. The predicted molar refractivity (Wildman–Crippen MR) is 90.8 cm³/mol. The second-order valence-electron chi connectivity index (χ2n) is 5.79. The van der Waals surface area contributed by atoms with Crippen molar-refractivity contribution >= 4 is 22.2 Å². The lowest BCUT2D eigenvalue weighted by Crippen LogP contribution is -2.47. The van der Waals surface area contributed by atoms with Gasteiger partial charge in [-0.25, -0.2) is 0 Å². The number of hydrogen-bond acceptors (Lipinski definition) is 6. The molecule has 0 bridgehead atoms. The van der Waals surface area contributed by atoms with Crippen molar-refractivity contribution < 1.29 is 9.53 Å². The summed E-state index contributed by atoms with van der Waals surface area (Å²) in [4.78, 5) is 14.3. The van der Waals surface area contributed by atoms with E-state index in [1.807, 2.05) is 24.0 Å². The summed E-state index contributed by atoms with van der Waals surface area (Å²) in [6.07, 6.45) is 3.82. The lowest BCUT2D eigenvalue weighted by Gasteiger charge is -2.32. The Hall–Kier alpha value is -2.21. The van der Waals surface area contributed by atoms with Crippen LogP contribution in [0.15, 0.2) is 23.8 Å². The molecule has 1 saturated heterocycles. The first-order valence-electron chi connectivity index (χ1n) is 7.74. The third-order valence-corrected chi connectivity index (χ3v) is 4.61. The third kappa shape index (κ3) is 4.20. The van der Waals surface area contributed by atoms with Gasteiger partial charge in [0.15, 0.2) is 0 Å². The molecule has 1 atom stereocenters. The number of carbonyl (C=O) groups is 1. The summed E-state index contributed by atoms with van der Waals surface area (Å²) in [7, 11) is 0. The molecule has 3 heterocycles. The van der Waals surface area contributed by atoms with Crippen molar-refractivity contribution in [3.63, 3.8) is 0 Å². The van der Waals surface area contributed by atoms with E-state index in [0.29, 0.717) is 36.8 Å². The lowest BCUT2D eigenvalue weighted by atomic mass is 10.2. The van der Waals surface area contributed by atoms with Crippen LogP contribution in [0.4, 0.5) is 5.00 Å². The molecule has 0 saturated carbocycles. The summed E-state index contributed by atoms with van der Waals surface area (Å²) >= 11 is 1.36. The largest absolute Gasteiger partial charge is 0.374 e. The highest BCUT2D eigenvalue weighted by Gasteiger charge is 2.23. The molecule has 2 aromatic rings. The van der Waals surface area contributed by atoms with Crippen molar-refractivity contribution in [2.45, 2.75) is 19.6 Å². The molecule has 3 rings (SSSR count). The normalized spacial score (nSPS) is 18.2. The zero-order chi connectivity index (χ0) is 16.9. The number of anilines is 1. The van der Waals surface area contributed by atoms with E-state index in [-0.39, 0.29) is 12.0 Å². The van der Waals surface area contributed by atoms with Crippen molar-refractivity contribution in [1.29, 1.82) is 5.26 Å². The summed E-state index contributed by atoms with van der Waals surface area (Å²) in [6, 6.07) is 3.78. The molecule has 0 aliphatic carbocycles. The highest BCUT2D eigenvalue weighted by Crippen LogP contribution is 2.22. The Balaban J connectivity index is 1.51. The van der Waals surface area contributed by atoms with Gasteiger partial charge in [-0.05, 0) is 23.9 Å². The van der Waals surface area contributed by atoms with E-state index in [0.717, 1.165) is 12.1 Å². The van der Waals surface area contributed by atoms with Crippen molar-refractivity contribution in [1.82, 2.24) is 14.7 Å². The Morgan fingerprint density at radius 2 is 2.50 bits per heavy atom. The summed E-state index contributed by atoms with van der Waals surface area (Å²) in [5, 5.41) is 18.5. The first kappa shape index (κ1) is 16.6. The molecule has 8 heteroatoms. The van der Waals surface area contributed by atoms with E-state index in [9.17, 15) is 4.79 Å². The zero-order valence-corrected chi connectivity index (χ0v) is 14.3. The Morgan fingerprint density at radius 3 is 3.25 bits per heavy atom. The van der Waals surface area contributed by atoms with Crippen LogP contribution >= 0.6 is 11.3 Å². The molecule has 2 aromatic heterocycles. The van der Waals surface area contributed by atoms with Gasteiger partial charge in [0.05, 0.1) is 37.6 Å². The van der Waals surface area contributed by atoms with E-state index < -0.39 is 0 Å². The fourth-order valence-electron chi connectivity index (χ4n) is 2.67. The van der Waals surface area contributed by atoms with E-state index in [1.54, 1.807) is 11.4 Å². The molecule has 1 N–H and O–H groups in total. The van der Waals surface area contributed by atoms with Crippen molar-refractivity contribution in [3.05, 3.63) is 35.0 Å². The SMILES string of the molecule is Cc1cnn(C[C@H]2CN(CC(=O)Nc3sccc3C#N)CCO2)c1. The number of aryl methyl sites for hydroxylation is 1. The lowest BCUT2D eigenvalue weighted by molar-refractivity contribution is -0.119. The molecule has 126 valence electrons. The third-order valence-electron chi connectivity index (χ3n) is 3.78. The second kappa shape index (κ2) is 7.57. The minimum absolute atomic E-state index is 0.0160. The zero-order valence-electron chi connectivity index (χ0n) is 13.4. The number of carbonyl (C=O) groups excluding carboxylic acids is 1. The van der Waals surface area contributed by atoms with Crippen LogP contribution in [0.2, 0.25) is 0 Å². The van der Waals surface area contributed by atoms with Crippen LogP contribution < -0.4 is 5.32 Å². The number of nitrogens with one attached hydrogen (secondary N) is 1. The van der Waals surface area contributed by atoms with E-state index in [1.165, 1.54) is 11.3 Å². The number of morpholine rings is 1. The van der Waals surface area contributed by atoms with Crippen LogP contribution in [-0.2, 0) is 16.1 Å². The number of aromatic nitrogens is 2. The van der Waals surface area contributed by atoms with Crippen molar-refractivity contribution in [2.24, 2.45) is 0 Å². The van der Waals surface area contributed by atoms with Gasteiger partial charge >= 0.3 is 0 Å². The van der Waals surface area contributed by atoms with Crippen molar-refractivity contribution in [2.75, 3.05) is 31.6 Å². The minimum Gasteiger partial charge on any atom is -0.374 e. The van der Waals surface area contributed by atoms with Gasteiger partial charge in [-0.15, -0.1) is 11.3 Å². The minimum atomic E-state index is -0.107. The topological polar surface area (TPSA) is 83.2 Å². The maximum absolute atomic E-state index is 12.2. The number of amides is 1. The average Bonchev–Trinajstić information content (AvgIpc) is 3.16. The predicted octanol–water partition coefficient (Wildman–Crippen LogP) is 1.46. The molecule has 1 amide bonds. The molecule has 1 aliphatic heterocycles. The Labute approximate surface area is 144 Å². The van der Waals surface area contributed by atoms with Crippen LogP contribution in [0.5, 0.6) is 0 Å². The quantitative estimate of drug-likeness (QED) is 0.887. The standard InChI is InChI=1S/C16H19N5O2S/c1-12-7-18-21(8-12)10-14-9-20(3-4-23-14)11-15(22)19-16-13(6-17)2-5-24-16/h2,5,7-8,14H,3-4,9-11H2,1H3,(H,19,22)/t14-/m1/s1. The summed E-state index contributed by atoms with van der Waals surface area (Å²) < 4.78 is 7.64. The molecule has 0 spiro atoms. The number of ether oxygens (including phenoxy) is 1. The van der Waals surface area contributed by atoms with E-state index >= 15 is 0 Å². The van der Waals surface area contributed by atoms with Crippen LogP contribution in [-0.4, -0.2) is 52.9 Å². The van der Waals surface area contributed by atoms with Gasteiger partial charge in [-0.3, -0.25) is 14.4 Å². The monoisotopic (exact) mass is 345 g/mol. The van der Waals surface area contributed by atoms with Gasteiger partial charge in [-0.2, -0.15) is 10.4 Å². The maximum atomic E-state index is 12.2. The van der Waals surface area contributed by atoms with Gasteiger partial charge < -0.3 is 10.1 Å². The highest BCUT2D eigenvalue weighted by molar-refractivity contribution is 7.14. The Kier molecular flexibility index (Phi) is 5.25. The van der Waals surface area contributed by atoms with Crippen LogP contribution in [0.1, 0.15) is 11.1 Å². The van der Waals surface area contributed by atoms with E-state index in [4.69, 9.17) is 10.00 Å². The first-order chi connectivity index (χ1) is 11.6. The molecular weight excluding hydrogens is 326 g/mol. The molecule has 1 aliphatic rings. The van der Waals surface area contributed by atoms with Crippen LogP contribution in [0.3, 0.4) is 0 Å². The second-order valence-corrected chi connectivity index (χ2v) is 6.71. The highest BCUT2D eigenvalue weighted by atomic mass is 32.1. The van der Waals surface area contributed by atoms with Gasteiger partial charge in [0.1, 0.15) is 11.1 Å². The summed E-state index contributed by atoms with van der Waals surface area (Å²) in [6.45, 7) is 4.97. The number of hydrogen-bond donors (Lipinski definition) is 1. The van der Waals surface area contributed by atoms with Crippen LogP contribution in [0, 0.1) is 18.3 Å². The number of rotatable bonds is 5. The molecule has 0 radical (unpaired) electrons. The van der Waals surface area contributed by atoms with Crippen molar-refractivity contribution in [3.8, 4) is 6.07 Å². The fourth-order valence-corrected chi connectivity index (χ4v) is 3.43. The number of nitrogens with zero attached hydrogens (tertiary/aromatic N) is 4. The Bertz CT molecular complexity index is 748.